The van der Waals surface area contributed by atoms with Gasteiger partial charge < -0.3 is 10.1 Å². The molecule has 2 heterocycles. The van der Waals surface area contributed by atoms with Crippen molar-refractivity contribution >= 4 is 11.6 Å². The summed E-state index contributed by atoms with van der Waals surface area (Å²) < 4.78 is 6.91. The average Bonchev–Trinajstić information content (AvgIpc) is 3.27. The molecule has 0 radical (unpaired) electrons. The second-order valence-electron chi connectivity index (χ2n) is 6.71. The number of methoxy groups -OCH3 is 1. The molecule has 1 amide bonds. The fourth-order valence-corrected chi connectivity index (χ4v) is 3.23. The van der Waals surface area contributed by atoms with Gasteiger partial charge in [-0.25, -0.2) is 9.50 Å². The summed E-state index contributed by atoms with van der Waals surface area (Å²) >= 11 is 0. The smallest absolute Gasteiger partial charge is 0.251 e. The normalized spacial score (nSPS) is 10.5. The Labute approximate surface area is 173 Å². The molecule has 1 N–H and O–H groups in total. The molecular formula is C23H19N5O2. The number of ether oxygens (including phenoxy) is 1. The minimum Gasteiger partial charge on any atom is -0.497 e. The number of amides is 1. The molecule has 0 bridgehead atoms. The van der Waals surface area contributed by atoms with Crippen LogP contribution < -0.4 is 10.1 Å². The maximum Gasteiger partial charge on any atom is 0.251 e. The van der Waals surface area contributed by atoms with Gasteiger partial charge in [-0.15, -0.1) is 0 Å². The predicted octanol–water partition coefficient (Wildman–Crippen LogP) is 3.25. The van der Waals surface area contributed by atoms with E-state index in [0.29, 0.717) is 29.7 Å². The zero-order valence-electron chi connectivity index (χ0n) is 16.4. The van der Waals surface area contributed by atoms with Crippen LogP contribution in [0.25, 0.3) is 16.9 Å². The van der Waals surface area contributed by atoms with Crippen molar-refractivity contribution in [3.63, 3.8) is 0 Å². The van der Waals surface area contributed by atoms with E-state index in [-0.39, 0.29) is 5.91 Å². The molecule has 7 heteroatoms. The van der Waals surface area contributed by atoms with Crippen LogP contribution in [0.15, 0.2) is 67.0 Å². The van der Waals surface area contributed by atoms with Crippen LogP contribution in [0.5, 0.6) is 5.75 Å². The van der Waals surface area contributed by atoms with Crippen LogP contribution in [0.4, 0.5) is 0 Å². The first-order valence-electron chi connectivity index (χ1n) is 9.43. The maximum atomic E-state index is 12.8. The van der Waals surface area contributed by atoms with Crippen LogP contribution in [0.1, 0.15) is 21.5 Å². The average molecular weight is 397 g/mol. The summed E-state index contributed by atoms with van der Waals surface area (Å²) in [5, 5.41) is 16.2. The van der Waals surface area contributed by atoms with E-state index in [1.165, 1.54) is 6.33 Å². The minimum atomic E-state index is -0.182. The molecule has 4 rings (SSSR count). The van der Waals surface area contributed by atoms with Crippen LogP contribution in [0.2, 0.25) is 0 Å². The zero-order valence-corrected chi connectivity index (χ0v) is 16.4. The summed E-state index contributed by atoms with van der Waals surface area (Å²) in [6.07, 6.45) is 2.14. The second-order valence-corrected chi connectivity index (χ2v) is 6.71. The molecule has 2 aromatic heterocycles. The van der Waals surface area contributed by atoms with Crippen LogP contribution in [-0.4, -0.2) is 34.2 Å². The van der Waals surface area contributed by atoms with Gasteiger partial charge in [0.15, 0.2) is 5.65 Å². The zero-order chi connectivity index (χ0) is 20.9. The van der Waals surface area contributed by atoms with Gasteiger partial charge in [0, 0.05) is 17.7 Å². The number of fused-ring (bicyclic) bond motifs is 1. The third kappa shape index (κ3) is 3.98. The Morgan fingerprint density at radius 1 is 1.17 bits per heavy atom. The Hall–Kier alpha value is -4.18. The van der Waals surface area contributed by atoms with E-state index >= 15 is 0 Å². The van der Waals surface area contributed by atoms with Crippen molar-refractivity contribution in [2.75, 3.05) is 13.7 Å². The number of aromatic nitrogens is 3. The maximum absolute atomic E-state index is 12.8. The van der Waals surface area contributed by atoms with Gasteiger partial charge in [0.25, 0.3) is 5.91 Å². The van der Waals surface area contributed by atoms with Gasteiger partial charge in [-0.1, -0.05) is 24.3 Å². The summed E-state index contributed by atoms with van der Waals surface area (Å²) in [6, 6.07) is 20.5. The number of hydrogen-bond acceptors (Lipinski definition) is 5. The standard InChI is InChI=1S/C23H19N5O2/c1-30-20-4-2-3-16(11-20)9-10-25-23(29)19-12-21(28-22(13-19)26-15-27-28)18-7-5-17(14-24)6-8-18/h2-8,11-13,15H,9-10H2,1H3,(H,25,29). The highest BCUT2D eigenvalue weighted by molar-refractivity contribution is 5.96. The summed E-state index contributed by atoms with van der Waals surface area (Å²) in [6.45, 7) is 0.496. The van der Waals surface area contributed by atoms with Gasteiger partial charge in [-0.3, -0.25) is 4.79 Å². The van der Waals surface area contributed by atoms with Gasteiger partial charge in [-0.05, 0) is 48.4 Å². The van der Waals surface area contributed by atoms with E-state index in [0.717, 1.165) is 22.6 Å². The lowest BCUT2D eigenvalue weighted by Gasteiger charge is -2.10. The van der Waals surface area contributed by atoms with Crippen molar-refractivity contribution in [1.82, 2.24) is 19.9 Å². The van der Waals surface area contributed by atoms with E-state index < -0.39 is 0 Å². The molecular weight excluding hydrogens is 378 g/mol. The highest BCUT2D eigenvalue weighted by atomic mass is 16.5. The molecule has 4 aromatic rings. The number of carbonyl (C=O) groups excluding carboxylic acids is 1. The predicted molar refractivity (Wildman–Crippen MR) is 112 cm³/mol. The molecule has 0 aliphatic heterocycles. The van der Waals surface area contributed by atoms with Gasteiger partial charge in [0.05, 0.1) is 24.4 Å². The first-order valence-corrected chi connectivity index (χ1v) is 9.43. The lowest BCUT2D eigenvalue weighted by Crippen LogP contribution is -2.26. The Morgan fingerprint density at radius 2 is 2.00 bits per heavy atom. The van der Waals surface area contributed by atoms with E-state index in [9.17, 15) is 4.79 Å². The molecule has 0 fully saturated rings. The molecule has 7 nitrogen and oxygen atoms in total. The molecule has 0 saturated carbocycles. The molecule has 0 spiro atoms. The number of carbonyl (C=O) groups is 1. The van der Waals surface area contributed by atoms with Crippen LogP contribution in [0.3, 0.4) is 0 Å². The third-order valence-corrected chi connectivity index (χ3v) is 4.78. The highest BCUT2D eigenvalue weighted by Gasteiger charge is 2.13. The largest absolute Gasteiger partial charge is 0.497 e. The van der Waals surface area contributed by atoms with E-state index in [4.69, 9.17) is 10.00 Å². The summed E-state index contributed by atoms with van der Waals surface area (Å²) in [7, 11) is 1.63. The van der Waals surface area contributed by atoms with Crippen molar-refractivity contribution in [2.24, 2.45) is 0 Å². The minimum absolute atomic E-state index is 0.182. The van der Waals surface area contributed by atoms with E-state index in [2.05, 4.69) is 21.5 Å². The number of benzene rings is 2. The summed E-state index contributed by atoms with van der Waals surface area (Å²) in [5.74, 6) is 0.612. The molecule has 0 atom stereocenters. The van der Waals surface area contributed by atoms with Gasteiger partial charge in [0.2, 0.25) is 0 Å². The van der Waals surface area contributed by atoms with Crippen LogP contribution in [-0.2, 0) is 6.42 Å². The number of nitrogens with zero attached hydrogens (tertiary/aromatic N) is 4. The number of nitrogens with one attached hydrogen (secondary N) is 1. The summed E-state index contributed by atoms with van der Waals surface area (Å²) in [4.78, 5) is 17.0. The van der Waals surface area contributed by atoms with Gasteiger partial charge in [0.1, 0.15) is 12.1 Å². The number of rotatable bonds is 6. The third-order valence-electron chi connectivity index (χ3n) is 4.78. The number of pyridine rings is 1. The number of hydrogen-bond donors (Lipinski definition) is 1. The molecule has 0 aliphatic carbocycles. The molecule has 0 unspecified atom stereocenters. The fourth-order valence-electron chi connectivity index (χ4n) is 3.23. The second kappa shape index (κ2) is 8.45. The lowest BCUT2D eigenvalue weighted by molar-refractivity contribution is 0.0954. The first-order chi connectivity index (χ1) is 14.7. The SMILES string of the molecule is COc1cccc(CCNC(=O)c2cc(-c3ccc(C#N)cc3)n3ncnc3c2)c1. The fraction of sp³-hybridized carbons (Fsp3) is 0.130. The Morgan fingerprint density at radius 3 is 2.77 bits per heavy atom. The van der Waals surface area contributed by atoms with Crippen molar-refractivity contribution in [3.05, 3.63) is 83.7 Å². The molecule has 148 valence electrons. The van der Waals surface area contributed by atoms with Crippen molar-refractivity contribution in [1.29, 1.82) is 5.26 Å². The Kier molecular flexibility index (Phi) is 5.39. The van der Waals surface area contributed by atoms with Crippen molar-refractivity contribution in [3.8, 4) is 23.1 Å². The van der Waals surface area contributed by atoms with Crippen molar-refractivity contribution < 1.29 is 9.53 Å². The van der Waals surface area contributed by atoms with E-state index in [1.54, 1.807) is 35.9 Å². The van der Waals surface area contributed by atoms with Gasteiger partial charge >= 0.3 is 0 Å². The lowest BCUT2D eigenvalue weighted by atomic mass is 10.1. The van der Waals surface area contributed by atoms with E-state index in [1.807, 2.05) is 36.4 Å². The highest BCUT2D eigenvalue weighted by Crippen LogP contribution is 2.22. The monoisotopic (exact) mass is 397 g/mol. The quantitative estimate of drug-likeness (QED) is 0.539. The molecule has 30 heavy (non-hydrogen) atoms. The molecule has 0 saturated heterocycles. The number of nitriles is 1. The molecule has 0 aliphatic rings. The first kappa shape index (κ1) is 19.2. The topological polar surface area (TPSA) is 92.3 Å². The van der Waals surface area contributed by atoms with Gasteiger partial charge in [-0.2, -0.15) is 10.4 Å². The Bertz CT molecular complexity index is 1240. The molecule has 2 aromatic carbocycles. The van der Waals surface area contributed by atoms with Crippen LogP contribution in [0, 0.1) is 11.3 Å². The van der Waals surface area contributed by atoms with Crippen LogP contribution >= 0.6 is 0 Å². The summed E-state index contributed by atoms with van der Waals surface area (Å²) in [5.41, 5.74) is 4.30. The Balaban J connectivity index is 1.54. The van der Waals surface area contributed by atoms with Crippen molar-refractivity contribution in [2.45, 2.75) is 6.42 Å².